The summed E-state index contributed by atoms with van der Waals surface area (Å²) in [5.74, 6) is 0.0559. The van der Waals surface area contributed by atoms with Crippen LogP contribution in [0.15, 0.2) is 12.3 Å². The van der Waals surface area contributed by atoms with Gasteiger partial charge in [0.25, 0.3) is 0 Å². The second kappa shape index (κ2) is 5.92. The van der Waals surface area contributed by atoms with Gasteiger partial charge in [-0.15, -0.1) is 0 Å². The van der Waals surface area contributed by atoms with Gasteiger partial charge in [-0.3, -0.25) is 4.79 Å². The van der Waals surface area contributed by atoms with Crippen LogP contribution in [0.5, 0.6) is 0 Å². The molecule has 0 rings (SSSR count). The van der Waals surface area contributed by atoms with Crippen LogP contribution in [0.25, 0.3) is 0 Å². The summed E-state index contributed by atoms with van der Waals surface area (Å²) < 4.78 is 4.99. The first kappa shape index (κ1) is 10.2. The number of Topliss-reactive ketones (excluding diaryl/α,β-unsaturated/α-hetero) is 1. The molecule has 0 aromatic rings. The van der Waals surface area contributed by atoms with Crippen molar-refractivity contribution < 1.29 is 9.53 Å². The normalized spacial score (nSPS) is 9.27. The Balaban J connectivity index is 3.03. The van der Waals surface area contributed by atoms with Crippen molar-refractivity contribution in [1.29, 1.82) is 0 Å². The van der Waals surface area contributed by atoms with E-state index in [0.29, 0.717) is 13.2 Å². The first-order valence-corrected chi connectivity index (χ1v) is 3.59. The van der Waals surface area contributed by atoms with Crippen LogP contribution in [0.4, 0.5) is 0 Å². The van der Waals surface area contributed by atoms with Crippen molar-refractivity contribution in [3.63, 3.8) is 0 Å². The summed E-state index contributed by atoms with van der Waals surface area (Å²) in [6.07, 6.45) is 0. The SMILES string of the molecule is C=C(C)NCCOCC(C)=O. The van der Waals surface area contributed by atoms with Crippen LogP contribution in [0, 0.1) is 0 Å². The van der Waals surface area contributed by atoms with Crippen LogP contribution in [0.1, 0.15) is 13.8 Å². The molecule has 0 amide bonds. The van der Waals surface area contributed by atoms with Gasteiger partial charge in [0.15, 0.2) is 5.78 Å². The van der Waals surface area contributed by atoms with E-state index in [9.17, 15) is 4.79 Å². The second-order valence-electron chi connectivity index (χ2n) is 2.46. The van der Waals surface area contributed by atoms with Gasteiger partial charge < -0.3 is 10.1 Å². The maximum Gasteiger partial charge on any atom is 0.155 e. The van der Waals surface area contributed by atoms with Crippen molar-refractivity contribution >= 4 is 5.78 Å². The third kappa shape index (κ3) is 9.17. The van der Waals surface area contributed by atoms with E-state index < -0.39 is 0 Å². The zero-order chi connectivity index (χ0) is 8.69. The number of ketones is 1. The summed E-state index contributed by atoms with van der Waals surface area (Å²) in [5.41, 5.74) is 0.913. The fourth-order valence-electron chi connectivity index (χ4n) is 0.552. The summed E-state index contributed by atoms with van der Waals surface area (Å²) >= 11 is 0. The molecule has 0 saturated carbocycles. The Morgan fingerprint density at radius 3 is 2.64 bits per heavy atom. The van der Waals surface area contributed by atoms with E-state index in [1.165, 1.54) is 6.92 Å². The van der Waals surface area contributed by atoms with Crippen LogP contribution in [0.3, 0.4) is 0 Å². The Kier molecular flexibility index (Phi) is 5.47. The standard InChI is InChI=1S/C8H15NO2/c1-7(2)9-4-5-11-6-8(3)10/h9H,1,4-6H2,2-3H3. The van der Waals surface area contributed by atoms with Gasteiger partial charge in [-0.1, -0.05) is 6.58 Å². The fraction of sp³-hybridized carbons (Fsp3) is 0.625. The van der Waals surface area contributed by atoms with Crippen molar-refractivity contribution in [2.24, 2.45) is 0 Å². The zero-order valence-corrected chi connectivity index (χ0v) is 7.14. The van der Waals surface area contributed by atoms with E-state index >= 15 is 0 Å². The Labute approximate surface area is 67.4 Å². The average molecular weight is 157 g/mol. The lowest BCUT2D eigenvalue weighted by Gasteiger charge is -2.04. The number of nitrogens with one attached hydrogen (secondary N) is 1. The first-order chi connectivity index (χ1) is 5.13. The molecule has 0 aliphatic carbocycles. The molecule has 0 aromatic heterocycles. The van der Waals surface area contributed by atoms with E-state index in [-0.39, 0.29) is 12.4 Å². The lowest BCUT2D eigenvalue weighted by Crippen LogP contribution is -2.18. The van der Waals surface area contributed by atoms with Gasteiger partial charge in [-0.05, 0) is 13.8 Å². The number of carbonyl (C=O) groups is 1. The summed E-state index contributed by atoms with van der Waals surface area (Å²) in [6, 6.07) is 0. The fourth-order valence-corrected chi connectivity index (χ4v) is 0.552. The molecule has 1 N–H and O–H groups in total. The topological polar surface area (TPSA) is 38.3 Å². The number of hydrogen-bond acceptors (Lipinski definition) is 3. The molecule has 0 heterocycles. The molecule has 64 valence electrons. The maximum absolute atomic E-state index is 10.4. The molecule has 3 nitrogen and oxygen atoms in total. The monoisotopic (exact) mass is 157 g/mol. The van der Waals surface area contributed by atoms with Crippen molar-refractivity contribution in [3.8, 4) is 0 Å². The molecular weight excluding hydrogens is 142 g/mol. The summed E-state index contributed by atoms with van der Waals surface area (Å²) in [4.78, 5) is 10.4. The number of carbonyl (C=O) groups excluding carboxylic acids is 1. The molecule has 0 radical (unpaired) electrons. The number of allylic oxidation sites excluding steroid dienone is 1. The Morgan fingerprint density at radius 2 is 2.18 bits per heavy atom. The van der Waals surface area contributed by atoms with Crippen molar-refractivity contribution in [2.75, 3.05) is 19.8 Å². The molecule has 3 heteroatoms. The highest BCUT2D eigenvalue weighted by molar-refractivity contribution is 5.76. The van der Waals surface area contributed by atoms with E-state index in [1.54, 1.807) is 0 Å². The van der Waals surface area contributed by atoms with Gasteiger partial charge in [0, 0.05) is 12.2 Å². The highest BCUT2D eigenvalue weighted by Crippen LogP contribution is 1.79. The lowest BCUT2D eigenvalue weighted by molar-refractivity contribution is -0.121. The Morgan fingerprint density at radius 1 is 1.55 bits per heavy atom. The molecule has 0 aromatic carbocycles. The number of ether oxygens (including phenoxy) is 1. The van der Waals surface area contributed by atoms with E-state index in [0.717, 1.165) is 5.70 Å². The Hall–Kier alpha value is -0.830. The Bertz CT molecular complexity index is 127. The average Bonchev–Trinajstić information content (AvgIpc) is 1.85. The van der Waals surface area contributed by atoms with E-state index in [2.05, 4.69) is 11.9 Å². The summed E-state index contributed by atoms with van der Waals surface area (Å²) in [7, 11) is 0. The molecule has 0 saturated heterocycles. The van der Waals surface area contributed by atoms with E-state index in [1.807, 2.05) is 6.92 Å². The van der Waals surface area contributed by atoms with Crippen LogP contribution in [-0.4, -0.2) is 25.5 Å². The van der Waals surface area contributed by atoms with Gasteiger partial charge in [-0.2, -0.15) is 0 Å². The summed E-state index contributed by atoms with van der Waals surface area (Å²) in [6.45, 7) is 8.51. The molecule has 0 unspecified atom stereocenters. The highest BCUT2D eigenvalue weighted by Gasteiger charge is 1.91. The molecule has 0 bridgehead atoms. The largest absolute Gasteiger partial charge is 0.387 e. The minimum atomic E-state index is 0.0559. The molecule has 0 aliphatic heterocycles. The first-order valence-electron chi connectivity index (χ1n) is 3.59. The molecule has 0 atom stereocenters. The van der Waals surface area contributed by atoms with Crippen LogP contribution in [-0.2, 0) is 9.53 Å². The van der Waals surface area contributed by atoms with Gasteiger partial charge >= 0.3 is 0 Å². The molecule has 0 fully saturated rings. The van der Waals surface area contributed by atoms with Gasteiger partial charge in [0.05, 0.1) is 6.61 Å². The van der Waals surface area contributed by atoms with Crippen LogP contribution in [0.2, 0.25) is 0 Å². The van der Waals surface area contributed by atoms with Crippen molar-refractivity contribution in [2.45, 2.75) is 13.8 Å². The third-order valence-corrected chi connectivity index (χ3v) is 0.979. The van der Waals surface area contributed by atoms with Gasteiger partial charge in [0.1, 0.15) is 6.61 Å². The number of rotatable bonds is 6. The second-order valence-corrected chi connectivity index (χ2v) is 2.46. The molecule has 0 spiro atoms. The predicted molar refractivity (Wildman–Crippen MR) is 44.3 cm³/mol. The van der Waals surface area contributed by atoms with E-state index in [4.69, 9.17) is 4.74 Å². The zero-order valence-electron chi connectivity index (χ0n) is 7.14. The number of hydrogen-bond donors (Lipinski definition) is 1. The van der Waals surface area contributed by atoms with Crippen LogP contribution >= 0.6 is 0 Å². The summed E-state index contributed by atoms with van der Waals surface area (Å²) in [5, 5.41) is 2.99. The molecule has 0 aliphatic rings. The quantitative estimate of drug-likeness (QED) is 0.577. The third-order valence-electron chi connectivity index (χ3n) is 0.979. The van der Waals surface area contributed by atoms with Gasteiger partial charge in [0.2, 0.25) is 0 Å². The minimum Gasteiger partial charge on any atom is -0.387 e. The van der Waals surface area contributed by atoms with Crippen molar-refractivity contribution in [1.82, 2.24) is 5.32 Å². The van der Waals surface area contributed by atoms with Gasteiger partial charge in [-0.25, -0.2) is 0 Å². The molecule has 11 heavy (non-hydrogen) atoms. The van der Waals surface area contributed by atoms with Crippen molar-refractivity contribution in [3.05, 3.63) is 12.3 Å². The lowest BCUT2D eigenvalue weighted by atomic mass is 10.5. The molecular formula is C8H15NO2. The smallest absolute Gasteiger partial charge is 0.155 e. The predicted octanol–water partition coefficient (Wildman–Crippen LogP) is 0.715. The highest BCUT2D eigenvalue weighted by atomic mass is 16.5. The maximum atomic E-state index is 10.4. The minimum absolute atomic E-state index is 0.0559. The van der Waals surface area contributed by atoms with Crippen LogP contribution < -0.4 is 5.32 Å².